The Hall–Kier alpha value is -2.76. The molecule has 0 bridgehead atoms. The predicted molar refractivity (Wildman–Crippen MR) is 179 cm³/mol. The van der Waals surface area contributed by atoms with Crippen molar-refractivity contribution in [2.24, 2.45) is 11.8 Å². The van der Waals surface area contributed by atoms with Gasteiger partial charge in [-0.2, -0.15) is 13.2 Å². The van der Waals surface area contributed by atoms with Crippen LogP contribution in [0.2, 0.25) is 0 Å². The van der Waals surface area contributed by atoms with Gasteiger partial charge in [0, 0.05) is 32.1 Å². The largest absolute Gasteiger partial charge is 0.501 e. The third-order valence-corrected chi connectivity index (χ3v) is 9.63. The molecule has 2 saturated heterocycles. The monoisotopic (exact) mass is 669 g/mol. The second-order valence-electron chi connectivity index (χ2n) is 11.4. The molecule has 4 rings (SSSR count). The van der Waals surface area contributed by atoms with E-state index >= 15 is 0 Å². The summed E-state index contributed by atoms with van der Waals surface area (Å²) >= 11 is 0. The number of alkyl halides is 3. The number of aldehydes is 1. The lowest BCUT2D eigenvalue weighted by Crippen LogP contribution is -2.58. The second-order valence-corrected chi connectivity index (χ2v) is 13.4. The molecule has 2 aromatic rings. The number of hydrogen-bond donors (Lipinski definition) is 0. The van der Waals surface area contributed by atoms with Gasteiger partial charge in [0.2, 0.25) is 5.91 Å². The normalized spacial score (nSPS) is 18.6. The van der Waals surface area contributed by atoms with Crippen molar-refractivity contribution in [3.63, 3.8) is 0 Å². The third-order valence-electron chi connectivity index (χ3n) is 8.13. The van der Waals surface area contributed by atoms with Crippen molar-refractivity contribution in [3.8, 4) is 0 Å². The van der Waals surface area contributed by atoms with Crippen molar-refractivity contribution in [1.82, 2.24) is 14.7 Å². The highest BCUT2D eigenvalue weighted by Gasteiger charge is 2.47. The molecule has 2 aliphatic rings. The van der Waals surface area contributed by atoms with E-state index in [0.29, 0.717) is 37.5 Å². The summed E-state index contributed by atoms with van der Waals surface area (Å²) in [6.45, 7) is 17.5. The quantitative estimate of drug-likeness (QED) is 0.290. The second kappa shape index (κ2) is 19.8. The van der Waals surface area contributed by atoms with Gasteiger partial charge >= 0.3 is 5.51 Å². The fourth-order valence-corrected chi connectivity index (χ4v) is 6.55. The van der Waals surface area contributed by atoms with Gasteiger partial charge < -0.3 is 14.6 Å². The maximum Gasteiger partial charge on any atom is 0.501 e. The summed E-state index contributed by atoms with van der Waals surface area (Å²) in [6.07, 6.45) is 3.38. The van der Waals surface area contributed by atoms with E-state index in [9.17, 15) is 26.4 Å². The number of amides is 1. The number of rotatable bonds is 7. The smallest absolute Gasteiger partial charge is 0.337 e. The molecule has 2 fully saturated rings. The Labute approximate surface area is 275 Å². The van der Waals surface area contributed by atoms with Crippen LogP contribution in [0, 0.1) is 11.8 Å². The topological polar surface area (TPSA) is 78.0 Å². The lowest BCUT2D eigenvalue weighted by Gasteiger charge is -2.47. The first-order chi connectivity index (χ1) is 21.8. The molecule has 2 unspecified atom stereocenters. The molecule has 0 N–H and O–H groups in total. The number of halogens is 3. The average molecular weight is 670 g/mol. The molecule has 2 aromatic carbocycles. The van der Waals surface area contributed by atoms with Crippen LogP contribution in [0.1, 0.15) is 84.9 Å². The van der Waals surface area contributed by atoms with E-state index in [2.05, 4.69) is 30.7 Å². The van der Waals surface area contributed by atoms with E-state index in [1.807, 2.05) is 62.9 Å². The van der Waals surface area contributed by atoms with Crippen LogP contribution in [0.3, 0.4) is 0 Å². The molecule has 2 aliphatic heterocycles. The van der Waals surface area contributed by atoms with Crippen molar-refractivity contribution in [2.75, 3.05) is 39.8 Å². The first kappa shape index (κ1) is 41.3. The number of piperazine rings is 1. The number of carbonyl (C=O) groups is 2. The SMILES string of the molecule is CC.CC.CC(C)C1CN(C(c2ccccc2)c2ccc(S(=O)(=O)C(F)(F)F)cc2)CCN1C(=O)CC1CCN(C)CC1.CC=O. The van der Waals surface area contributed by atoms with Gasteiger partial charge in [0.1, 0.15) is 6.29 Å². The molecule has 0 radical (unpaired) electrons. The Morgan fingerprint density at radius 2 is 1.39 bits per heavy atom. The molecule has 46 heavy (non-hydrogen) atoms. The minimum atomic E-state index is -5.42. The van der Waals surface area contributed by atoms with Gasteiger partial charge in [-0.15, -0.1) is 0 Å². The van der Waals surface area contributed by atoms with E-state index in [4.69, 9.17) is 4.79 Å². The van der Waals surface area contributed by atoms with Crippen LogP contribution in [-0.4, -0.2) is 86.6 Å². The summed E-state index contributed by atoms with van der Waals surface area (Å²) < 4.78 is 63.1. The van der Waals surface area contributed by atoms with Crippen LogP contribution >= 0.6 is 0 Å². The Morgan fingerprint density at radius 1 is 0.891 bits per heavy atom. The Balaban J connectivity index is 0.00000140. The predicted octanol–water partition coefficient (Wildman–Crippen LogP) is 7.23. The minimum Gasteiger partial charge on any atom is -0.337 e. The molecule has 0 spiro atoms. The molecule has 1 amide bonds. The number of sulfone groups is 1. The van der Waals surface area contributed by atoms with Crippen LogP contribution < -0.4 is 0 Å². The Kier molecular flexibility index (Phi) is 17.8. The molecule has 260 valence electrons. The van der Waals surface area contributed by atoms with Crippen molar-refractivity contribution < 1.29 is 31.2 Å². The van der Waals surface area contributed by atoms with Crippen LogP contribution in [0.5, 0.6) is 0 Å². The highest BCUT2D eigenvalue weighted by Crippen LogP contribution is 2.35. The van der Waals surface area contributed by atoms with Crippen LogP contribution in [0.25, 0.3) is 0 Å². The maximum absolute atomic E-state index is 13.4. The maximum atomic E-state index is 13.4. The summed E-state index contributed by atoms with van der Waals surface area (Å²) in [6, 6.07) is 14.4. The van der Waals surface area contributed by atoms with Crippen molar-refractivity contribution in [3.05, 3.63) is 65.7 Å². The first-order valence-electron chi connectivity index (χ1n) is 16.4. The molecule has 11 heteroatoms. The zero-order valence-electron chi connectivity index (χ0n) is 28.8. The van der Waals surface area contributed by atoms with Crippen molar-refractivity contribution in [2.45, 2.75) is 90.2 Å². The van der Waals surface area contributed by atoms with Gasteiger partial charge in [0.15, 0.2) is 0 Å². The highest BCUT2D eigenvalue weighted by molar-refractivity contribution is 7.92. The van der Waals surface area contributed by atoms with Gasteiger partial charge in [0.25, 0.3) is 9.84 Å². The van der Waals surface area contributed by atoms with Crippen LogP contribution in [-0.2, 0) is 19.4 Å². The first-order valence-corrected chi connectivity index (χ1v) is 17.9. The molecule has 0 aliphatic carbocycles. The Bertz CT molecular complexity index is 1260. The van der Waals surface area contributed by atoms with E-state index in [1.165, 1.54) is 19.1 Å². The number of piperidine rings is 1. The molecular weight excluding hydrogens is 615 g/mol. The van der Waals surface area contributed by atoms with Gasteiger partial charge in [-0.05, 0) is 75.0 Å². The van der Waals surface area contributed by atoms with E-state index in [-0.39, 0.29) is 23.9 Å². The standard InChI is InChI=1S/C29H38F3N3O3S.C2H4O.2C2H6/c1-21(2)26-20-34(17-18-35(26)27(36)19-22-13-15-33(3)16-14-22)28(23-7-5-4-6-8-23)24-9-11-25(12-10-24)39(37,38)29(30,31)32;1-2-3;2*1-2/h4-12,21-22,26,28H,13-20H2,1-3H3;2H,1H3;2*1-2H3. The lowest BCUT2D eigenvalue weighted by atomic mass is 9.90. The number of benzene rings is 2. The molecular formula is C35H54F3N3O4S. The zero-order chi connectivity index (χ0) is 35.1. The van der Waals surface area contributed by atoms with Crippen molar-refractivity contribution >= 4 is 22.0 Å². The average Bonchev–Trinajstić information content (AvgIpc) is 3.05. The lowest BCUT2D eigenvalue weighted by molar-refractivity contribution is -0.139. The summed E-state index contributed by atoms with van der Waals surface area (Å²) in [5.41, 5.74) is -3.69. The number of carbonyl (C=O) groups excluding carboxylic acids is 2. The van der Waals surface area contributed by atoms with Crippen LogP contribution in [0.15, 0.2) is 59.5 Å². The van der Waals surface area contributed by atoms with Gasteiger partial charge in [-0.25, -0.2) is 8.42 Å². The summed E-state index contributed by atoms with van der Waals surface area (Å²) in [5.74, 6) is 0.814. The summed E-state index contributed by atoms with van der Waals surface area (Å²) in [5, 5.41) is 0. The molecule has 7 nitrogen and oxygen atoms in total. The van der Waals surface area contributed by atoms with Gasteiger partial charge in [0.05, 0.1) is 10.9 Å². The fraction of sp³-hybridized carbons (Fsp3) is 0.600. The van der Waals surface area contributed by atoms with Crippen molar-refractivity contribution in [1.29, 1.82) is 0 Å². The number of nitrogens with zero attached hydrogens (tertiary/aromatic N) is 3. The van der Waals surface area contributed by atoms with Gasteiger partial charge in [-0.1, -0.05) is 84.0 Å². The minimum absolute atomic E-state index is 0.00592. The molecule has 0 aromatic heterocycles. The molecule has 0 saturated carbocycles. The number of likely N-dealkylation sites (tertiary alicyclic amines) is 1. The Morgan fingerprint density at radius 3 is 1.87 bits per heavy atom. The van der Waals surface area contributed by atoms with E-state index in [0.717, 1.165) is 49.9 Å². The fourth-order valence-electron chi connectivity index (χ4n) is 5.79. The van der Waals surface area contributed by atoms with E-state index in [1.54, 1.807) is 0 Å². The zero-order valence-corrected chi connectivity index (χ0v) is 29.6. The molecule has 2 atom stereocenters. The molecule has 2 heterocycles. The van der Waals surface area contributed by atoms with Crippen LogP contribution in [0.4, 0.5) is 13.2 Å². The number of hydrogen-bond acceptors (Lipinski definition) is 6. The highest BCUT2D eigenvalue weighted by atomic mass is 32.2. The van der Waals surface area contributed by atoms with Gasteiger partial charge in [-0.3, -0.25) is 9.69 Å². The van der Waals surface area contributed by atoms with E-state index < -0.39 is 20.2 Å². The third kappa shape index (κ3) is 11.2. The summed E-state index contributed by atoms with van der Waals surface area (Å²) in [7, 11) is -3.31. The summed E-state index contributed by atoms with van der Waals surface area (Å²) in [4.78, 5) is 28.1.